The van der Waals surface area contributed by atoms with E-state index in [0.29, 0.717) is 12.0 Å². The van der Waals surface area contributed by atoms with E-state index in [1.807, 2.05) is 0 Å². The lowest BCUT2D eigenvalue weighted by molar-refractivity contribution is -0.0284. The van der Waals surface area contributed by atoms with Gasteiger partial charge in [-0.2, -0.15) is 0 Å². The van der Waals surface area contributed by atoms with Crippen LogP contribution < -0.4 is 5.32 Å². The minimum Gasteiger partial charge on any atom is -0.370 e. The first-order valence-corrected chi connectivity index (χ1v) is 6.69. The highest BCUT2D eigenvalue weighted by atomic mass is 19.1. The summed E-state index contributed by atoms with van der Waals surface area (Å²) < 4.78 is 18.8. The highest BCUT2D eigenvalue weighted by Gasteiger charge is 2.28. The van der Waals surface area contributed by atoms with E-state index in [9.17, 15) is 4.39 Å². The van der Waals surface area contributed by atoms with Crippen LogP contribution in [-0.4, -0.2) is 18.7 Å². The second-order valence-corrected chi connectivity index (χ2v) is 5.59. The van der Waals surface area contributed by atoms with Crippen LogP contribution in [0.15, 0.2) is 24.3 Å². The molecular weight excluding hydrogens is 229 g/mol. The van der Waals surface area contributed by atoms with Crippen molar-refractivity contribution in [2.75, 3.05) is 6.61 Å². The molecule has 3 unspecified atom stereocenters. The Morgan fingerprint density at radius 3 is 2.56 bits per heavy atom. The van der Waals surface area contributed by atoms with Gasteiger partial charge in [0.2, 0.25) is 0 Å². The summed E-state index contributed by atoms with van der Waals surface area (Å²) in [4.78, 5) is 0. The lowest BCUT2D eigenvalue weighted by Crippen LogP contribution is -2.49. The topological polar surface area (TPSA) is 21.3 Å². The molecule has 3 heteroatoms. The summed E-state index contributed by atoms with van der Waals surface area (Å²) >= 11 is 0. The zero-order valence-electron chi connectivity index (χ0n) is 11.3. The summed E-state index contributed by atoms with van der Waals surface area (Å²) in [6.45, 7) is 7.29. The second kappa shape index (κ2) is 5.81. The van der Waals surface area contributed by atoms with Crippen LogP contribution in [0.4, 0.5) is 4.39 Å². The van der Waals surface area contributed by atoms with E-state index in [-0.39, 0.29) is 18.0 Å². The third-order valence-corrected chi connectivity index (χ3v) is 3.38. The number of hydrogen-bond donors (Lipinski definition) is 1. The van der Waals surface area contributed by atoms with Crippen LogP contribution in [0.25, 0.3) is 0 Å². The Balaban J connectivity index is 1.99. The van der Waals surface area contributed by atoms with Gasteiger partial charge in [-0.15, -0.1) is 0 Å². The Hall–Kier alpha value is -0.930. The zero-order valence-corrected chi connectivity index (χ0v) is 11.3. The summed E-state index contributed by atoms with van der Waals surface area (Å²) in [5.74, 6) is 0.466. The van der Waals surface area contributed by atoms with Gasteiger partial charge in [0.1, 0.15) is 5.82 Å². The van der Waals surface area contributed by atoms with Crippen LogP contribution in [0.2, 0.25) is 0 Å². The van der Waals surface area contributed by atoms with Gasteiger partial charge in [0.15, 0.2) is 0 Å². The van der Waals surface area contributed by atoms with Crippen molar-refractivity contribution in [3.05, 3.63) is 35.6 Å². The Kier molecular flexibility index (Phi) is 4.36. The highest BCUT2D eigenvalue weighted by molar-refractivity contribution is 5.20. The fraction of sp³-hybridized carbons (Fsp3) is 0.600. The van der Waals surface area contributed by atoms with E-state index in [1.165, 1.54) is 12.1 Å². The van der Waals surface area contributed by atoms with E-state index >= 15 is 0 Å². The molecule has 18 heavy (non-hydrogen) atoms. The number of morpholine rings is 1. The molecule has 1 heterocycles. The fourth-order valence-electron chi connectivity index (χ4n) is 2.61. The SMILES string of the molecule is CC(C)CC1COC(c2ccc(F)cc2)C(C)N1. The number of hydrogen-bond acceptors (Lipinski definition) is 2. The highest BCUT2D eigenvalue weighted by Crippen LogP contribution is 2.26. The minimum atomic E-state index is -0.201. The molecule has 1 fully saturated rings. The third-order valence-electron chi connectivity index (χ3n) is 3.38. The molecule has 1 aromatic carbocycles. The molecule has 2 rings (SSSR count). The quantitative estimate of drug-likeness (QED) is 0.890. The summed E-state index contributed by atoms with van der Waals surface area (Å²) in [7, 11) is 0. The van der Waals surface area contributed by atoms with Crippen LogP contribution in [-0.2, 0) is 4.74 Å². The number of benzene rings is 1. The van der Waals surface area contributed by atoms with Gasteiger partial charge >= 0.3 is 0 Å². The van der Waals surface area contributed by atoms with Crippen molar-refractivity contribution in [1.29, 1.82) is 0 Å². The summed E-state index contributed by atoms with van der Waals surface area (Å²) in [5, 5.41) is 3.59. The van der Waals surface area contributed by atoms with Crippen molar-refractivity contribution < 1.29 is 9.13 Å². The first-order chi connectivity index (χ1) is 8.56. The van der Waals surface area contributed by atoms with Crippen molar-refractivity contribution in [3.63, 3.8) is 0 Å². The molecular formula is C15H22FNO. The predicted octanol–water partition coefficient (Wildman–Crippen LogP) is 3.29. The smallest absolute Gasteiger partial charge is 0.123 e. The fourth-order valence-corrected chi connectivity index (χ4v) is 2.61. The first kappa shape index (κ1) is 13.5. The number of halogens is 1. The van der Waals surface area contributed by atoms with Crippen molar-refractivity contribution in [1.82, 2.24) is 5.32 Å². The van der Waals surface area contributed by atoms with Crippen LogP contribution in [0, 0.1) is 11.7 Å². The Labute approximate surface area is 109 Å². The summed E-state index contributed by atoms with van der Waals surface area (Å²) in [6.07, 6.45) is 1.15. The van der Waals surface area contributed by atoms with Crippen molar-refractivity contribution >= 4 is 0 Å². The number of ether oxygens (including phenoxy) is 1. The lowest BCUT2D eigenvalue weighted by atomic mass is 9.97. The van der Waals surface area contributed by atoms with Gasteiger partial charge in [0.05, 0.1) is 12.7 Å². The average molecular weight is 251 g/mol. The number of nitrogens with one attached hydrogen (secondary N) is 1. The molecule has 0 radical (unpaired) electrons. The molecule has 1 aliphatic heterocycles. The first-order valence-electron chi connectivity index (χ1n) is 6.69. The normalized spacial score (nSPS) is 28.6. The zero-order chi connectivity index (χ0) is 13.1. The summed E-state index contributed by atoms with van der Waals surface area (Å²) in [5.41, 5.74) is 1.04. The van der Waals surface area contributed by atoms with Crippen LogP contribution in [0.3, 0.4) is 0 Å². The monoisotopic (exact) mass is 251 g/mol. The van der Waals surface area contributed by atoms with Crippen molar-refractivity contribution in [2.24, 2.45) is 5.92 Å². The second-order valence-electron chi connectivity index (χ2n) is 5.59. The van der Waals surface area contributed by atoms with Gasteiger partial charge in [0, 0.05) is 12.1 Å². The molecule has 0 aliphatic carbocycles. The Bertz CT molecular complexity index is 377. The van der Waals surface area contributed by atoms with E-state index in [2.05, 4.69) is 26.1 Å². The minimum absolute atomic E-state index is 0.0222. The van der Waals surface area contributed by atoms with Gasteiger partial charge < -0.3 is 10.1 Å². The molecule has 0 aromatic heterocycles. The Morgan fingerprint density at radius 1 is 1.33 bits per heavy atom. The van der Waals surface area contributed by atoms with Crippen LogP contribution in [0.1, 0.15) is 38.9 Å². The van der Waals surface area contributed by atoms with Crippen molar-refractivity contribution in [2.45, 2.75) is 45.4 Å². The van der Waals surface area contributed by atoms with Gasteiger partial charge in [-0.1, -0.05) is 26.0 Å². The van der Waals surface area contributed by atoms with Gasteiger partial charge in [-0.05, 0) is 37.0 Å². The third kappa shape index (κ3) is 3.30. The van der Waals surface area contributed by atoms with Crippen LogP contribution >= 0.6 is 0 Å². The number of rotatable bonds is 3. The molecule has 1 aliphatic rings. The van der Waals surface area contributed by atoms with Crippen molar-refractivity contribution in [3.8, 4) is 0 Å². The molecule has 1 saturated heterocycles. The molecule has 1 N–H and O–H groups in total. The predicted molar refractivity (Wildman–Crippen MR) is 70.9 cm³/mol. The van der Waals surface area contributed by atoms with Crippen LogP contribution in [0.5, 0.6) is 0 Å². The maximum atomic E-state index is 12.9. The van der Waals surface area contributed by atoms with Gasteiger partial charge in [-0.3, -0.25) is 0 Å². The van der Waals surface area contributed by atoms with E-state index in [1.54, 1.807) is 12.1 Å². The molecule has 3 atom stereocenters. The van der Waals surface area contributed by atoms with E-state index in [4.69, 9.17) is 4.74 Å². The summed E-state index contributed by atoms with van der Waals surface area (Å²) in [6, 6.07) is 7.28. The maximum absolute atomic E-state index is 12.9. The molecule has 0 spiro atoms. The molecule has 0 saturated carbocycles. The average Bonchev–Trinajstić information content (AvgIpc) is 2.30. The lowest BCUT2D eigenvalue weighted by Gasteiger charge is -2.36. The standard InChI is InChI=1S/C15H22FNO/c1-10(2)8-14-9-18-15(11(3)17-14)12-4-6-13(16)7-5-12/h4-7,10-11,14-15,17H,8-9H2,1-3H3. The maximum Gasteiger partial charge on any atom is 0.123 e. The molecule has 2 nitrogen and oxygen atoms in total. The molecule has 0 amide bonds. The Morgan fingerprint density at radius 2 is 2.00 bits per heavy atom. The van der Waals surface area contributed by atoms with E-state index in [0.717, 1.165) is 18.6 Å². The van der Waals surface area contributed by atoms with E-state index < -0.39 is 0 Å². The molecule has 0 bridgehead atoms. The van der Waals surface area contributed by atoms with Gasteiger partial charge in [0.25, 0.3) is 0 Å². The molecule has 1 aromatic rings. The molecule has 100 valence electrons. The largest absolute Gasteiger partial charge is 0.370 e. The van der Waals surface area contributed by atoms with Gasteiger partial charge in [-0.25, -0.2) is 4.39 Å².